The Morgan fingerprint density at radius 1 is 1.30 bits per heavy atom. The van der Waals surface area contributed by atoms with Crippen LogP contribution in [0, 0.1) is 11.6 Å². The molecule has 0 aromatic heterocycles. The first-order valence-corrected chi connectivity index (χ1v) is 6.93. The molecule has 2 atom stereocenters. The molecule has 0 unspecified atom stereocenters. The summed E-state index contributed by atoms with van der Waals surface area (Å²) in [5.41, 5.74) is 0.259. The van der Waals surface area contributed by atoms with Crippen LogP contribution in [0.25, 0.3) is 0 Å². The fourth-order valence-corrected chi connectivity index (χ4v) is 2.67. The maximum atomic E-state index is 13.5. The molecule has 1 aliphatic heterocycles. The predicted octanol–water partition coefficient (Wildman–Crippen LogP) is 2.11. The Labute approximate surface area is 118 Å². The van der Waals surface area contributed by atoms with E-state index in [1.54, 1.807) is 4.90 Å². The highest BCUT2D eigenvalue weighted by Crippen LogP contribution is 2.13. The van der Waals surface area contributed by atoms with Crippen LogP contribution < -0.4 is 5.32 Å². The largest absolute Gasteiger partial charge is 0.340 e. The van der Waals surface area contributed by atoms with Crippen LogP contribution in [0.4, 0.5) is 8.78 Å². The van der Waals surface area contributed by atoms with E-state index in [2.05, 4.69) is 5.32 Å². The van der Waals surface area contributed by atoms with Gasteiger partial charge in [-0.25, -0.2) is 8.78 Å². The number of hydrogen-bond donors (Lipinski definition) is 1. The first-order chi connectivity index (χ1) is 9.45. The van der Waals surface area contributed by atoms with E-state index in [0.29, 0.717) is 13.1 Å². The topological polar surface area (TPSA) is 32.3 Å². The van der Waals surface area contributed by atoms with E-state index >= 15 is 0 Å². The second kappa shape index (κ2) is 6.31. The Bertz CT molecular complexity index is 483. The Morgan fingerprint density at radius 2 is 1.95 bits per heavy atom. The number of nitrogens with zero attached hydrogens (tertiary/aromatic N) is 1. The van der Waals surface area contributed by atoms with Gasteiger partial charge in [-0.1, -0.05) is 0 Å². The maximum Gasteiger partial charge on any atom is 0.223 e. The number of nitrogens with one attached hydrogen (secondary N) is 1. The molecule has 0 aliphatic carbocycles. The third-order valence-corrected chi connectivity index (χ3v) is 3.53. The third kappa shape index (κ3) is 3.76. The third-order valence-electron chi connectivity index (χ3n) is 3.53. The molecule has 1 aromatic rings. The van der Waals surface area contributed by atoms with Gasteiger partial charge in [0.05, 0.1) is 0 Å². The molecule has 1 amide bonds. The zero-order valence-electron chi connectivity index (χ0n) is 11.8. The van der Waals surface area contributed by atoms with Crippen LogP contribution in [-0.2, 0) is 11.2 Å². The summed E-state index contributed by atoms with van der Waals surface area (Å²) in [4.78, 5) is 13.9. The molecule has 0 bridgehead atoms. The van der Waals surface area contributed by atoms with Gasteiger partial charge in [-0.2, -0.15) is 0 Å². The van der Waals surface area contributed by atoms with Gasteiger partial charge >= 0.3 is 0 Å². The number of piperazine rings is 1. The van der Waals surface area contributed by atoms with Crippen LogP contribution in [0.3, 0.4) is 0 Å². The highest BCUT2D eigenvalue weighted by atomic mass is 19.1. The van der Waals surface area contributed by atoms with E-state index in [1.807, 2.05) is 13.8 Å². The first-order valence-electron chi connectivity index (χ1n) is 6.93. The summed E-state index contributed by atoms with van der Waals surface area (Å²) >= 11 is 0. The molecule has 2 rings (SSSR count). The minimum atomic E-state index is -0.474. The second-order valence-corrected chi connectivity index (χ2v) is 5.50. The average Bonchev–Trinajstić information content (AvgIpc) is 2.38. The molecule has 0 saturated carbocycles. The number of carbonyl (C=O) groups is 1. The monoisotopic (exact) mass is 282 g/mol. The second-order valence-electron chi connectivity index (χ2n) is 5.50. The van der Waals surface area contributed by atoms with Gasteiger partial charge in [0.15, 0.2) is 0 Å². The predicted molar refractivity (Wildman–Crippen MR) is 73.3 cm³/mol. The molecule has 3 nitrogen and oxygen atoms in total. The van der Waals surface area contributed by atoms with Gasteiger partial charge in [-0.15, -0.1) is 0 Å². The molecule has 1 N–H and O–H groups in total. The fourth-order valence-electron chi connectivity index (χ4n) is 2.67. The van der Waals surface area contributed by atoms with E-state index < -0.39 is 11.6 Å². The van der Waals surface area contributed by atoms with Gasteiger partial charge in [-0.3, -0.25) is 4.79 Å². The van der Waals surface area contributed by atoms with Crippen molar-refractivity contribution in [2.45, 2.75) is 38.8 Å². The summed E-state index contributed by atoms with van der Waals surface area (Å²) in [6.07, 6.45) is 0.439. The highest BCUT2D eigenvalue weighted by molar-refractivity contribution is 5.76. The molecule has 1 heterocycles. The van der Waals surface area contributed by atoms with Crippen LogP contribution in [0.2, 0.25) is 0 Å². The molecular weight excluding hydrogens is 262 g/mol. The van der Waals surface area contributed by atoms with Gasteiger partial charge in [0.25, 0.3) is 0 Å². The lowest BCUT2D eigenvalue weighted by Gasteiger charge is -2.36. The molecule has 5 heteroatoms. The Hall–Kier alpha value is -1.49. The average molecular weight is 282 g/mol. The van der Waals surface area contributed by atoms with Crippen LogP contribution in [0.5, 0.6) is 0 Å². The molecule has 1 aliphatic rings. The molecule has 1 aromatic carbocycles. The number of rotatable bonds is 3. The Kier molecular flexibility index (Phi) is 4.70. The molecule has 1 saturated heterocycles. The van der Waals surface area contributed by atoms with E-state index in [-0.39, 0.29) is 36.4 Å². The van der Waals surface area contributed by atoms with Crippen molar-refractivity contribution in [2.24, 2.45) is 0 Å². The zero-order chi connectivity index (χ0) is 14.7. The number of aryl methyl sites for hydroxylation is 1. The van der Waals surface area contributed by atoms with Crippen molar-refractivity contribution in [1.82, 2.24) is 10.2 Å². The van der Waals surface area contributed by atoms with Crippen molar-refractivity contribution in [3.05, 3.63) is 35.4 Å². The molecule has 1 fully saturated rings. The van der Waals surface area contributed by atoms with Crippen LogP contribution in [-0.4, -0.2) is 36.0 Å². The number of halogens is 2. The number of hydrogen-bond acceptors (Lipinski definition) is 2. The van der Waals surface area contributed by atoms with Crippen LogP contribution in [0.15, 0.2) is 18.2 Å². The smallest absolute Gasteiger partial charge is 0.223 e. The van der Waals surface area contributed by atoms with E-state index in [0.717, 1.165) is 18.2 Å². The summed E-state index contributed by atoms with van der Waals surface area (Å²) in [7, 11) is 0. The molecule has 110 valence electrons. The maximum absolute atomic E-state index is 13.5. The van der Waals surface area contributed by atoms with Gasteiger partial charge < -0.3 is 10.2 Å². The zero-order valence-corrected chi connectivity index (χ0v) is 11.8. The van der Waals surface area contributed by atoms with Crippen molar-refractivity contribution in [3.63, 3.8) is 0 Å². The van der Waals surface area contributed by atoms with Crippen molar-refractivity contribution in [1.29, 1.82) is 0 Å². The highest BCUT2D eigenvalue weighted by Gasteiger charge is 2.24. The fraction of sp³-hybridized carbons (Fsp3) is 0.533. The summed E-state index contributed by atoms with van der Waals surface area (Å²) in [6.45, 7) is 5.38. The Balaban J connectivity index is 1.93. The quantitative estimate of drug-likeness (QED) is 0.921. The standard InChI is InChI=1S/C15H20F2N2O/c1-10-8-19(9-11(2)18-10)15(20)6-3-12-7-13(16)4-5-14(12)17/h4-5,7,10-11,18H,3,6,8-9H2,1-2H3/t10-,11-/m1/s1. The van der Waals surface area contributed by atoms with Crippen LogP contribution in [0.1, 0.15) is 25.8 Å². The lowest BCUT2D eigenvalue weighted by atomic mass is 10.1. The minimum Gasteiger partial charge on any atom is -0.340 e. The molecular formula is C15H20F2N2O. The Morgan fingerprint density at radius 3 is 2.60 bits per heavy atom. The molecule has 20 heavy (non-hydrogen) atoms. The van der Waals surface area contributed by atoms with Gasteiger partial charge in [-0.05, 0) is 44.0 Å². The van der Waals surface area contributed by atoms with Gasteiger partial charge in [0.2, 0.25) is 5.91 Å². The van der Waals surface area contributed by atoms with Gasteiger partial charge in [0, 0.05) is 31.6 Å². The van der Waals surface area contributed by atoms with E-state index in [9.17, 15) is 13.6 Å². The number of carbonyl (C=O) groups excluding carboxylic acids is 1. The normalized spacial score (nSPS) is 22.9. The lowest BCUT2D eigenvalue weighted by Crippen LogP contribution is -2.55. The van der Waals surface area contributed by atoms with Crippen molar-refractivity contribution >= 4 is 5.91 Å². The first kappa shape index (κ1) is 14.9. The number of amides is 1. The molecule has 0 spiro atoms. The minimum absolute atomic E-state index is 0.00568. The molecule has 0 radical (unpaired) electrons. The summed E-state index contributed by atoms with van der Waals surface area (Å²) in [5.74, 6) is -0.937. The lowest BCUT2D eigenvalue weighted by molar-refractivity contribution is -0.132. The summed E-state index contributed by atoms with van der Waals surface area (Å²) in [5, 5.41) is 3.35. The van der Waals surface area contributed by atoms with Crippen molar-refractivity contribution in [2.75, 3.05) is 13.1 Å². The van der Waals surface area contributed by atoms with Crippen molar-refractivity contribution < 1.29 is 13.6 Å². The van der Waals surface area contributed by atoms with E-state index in [1.165, 1.54) is 0 Å². The van der Waals surface area contributed by atoms with Gasteiger partial charge in [0.1, 0.15) is 11.6 Å². The van der Waals surface area contributed by atoms with E-state index in [4.69, 9.17) is 0 Å². The van der Waals surface area contributed by atoms with Crippen LogP contribution >= 0.6 is 0 Å². The SMILES string of the molecule is C[C@@H]1CN(C(=O)CCc2cc(F)ccc2F)C[C@@H](C)N1. The summed E-state index contributed by atoms with van der Waals surface area (Å²) < 4.78 is 26.5. The van der Waals surface area contributed by atoms with Crippen molar-refractivity contribution in [3.8, 4) is 0 Å². The number of benzene rings is 1. The summed E-state index contributed by atoms with van der Waals surface area (Å²) in [6, 6.07) is 3.86.